The summed E-state index contributed by atoms with van der Waals surface area (Å²) in [6.07, 6.45) is 5.13. The van der Waals surface area contributed by atoms with Crippen molar-refractivity contribution in [2.75, 3.05) is 40.0 Å². The summed E-state index contributed by atoms with van der Waals surface area (Å²) in [7, 11) is 1.74. The van der Waals surface area contributed by atoms with Gasteiger partial charge in [-0.3, -0.25) is 0 Å². The van der Waals surface area contributed by atoms with E-state index in [1.807, 2.05) is 0 Å². The predicted molar refractivity (Wildman–Crippen MR) is 77.4 cm³/mol. The Morgan fingerprint density at radius 3 is 2.95 bits per heavy atom. The van der Waals surface area contributed by atoms with Gasteiger partial charge in [-0.25, -0.2) is 0 Å². The topological polar surface area (TPSA) is 69.4 Å². The number of methoxy groups -OCH3 is 1. The number of nitrogens with zero attached hydrogens (tertiary/aromatic N) is 2. The summed E-state index contributed by atoms with van der Waals surface area (Å²) in [5.74, 6) is 2.00. The second-order valence-corrected chi connectivity index (χ2v) is 6.15. The summed E-state index contributed by atoms with van der Waals surface area (Å²) in [6.45, 7) is 4.28. The van der Waals surface area contributed by atoms with E-state index in [4.69, 9.17) is 19.0 Å². The largest absolute Gasteiger partial charge is 0.385 e. The van der Waals surface area contributed by atoms with Gasteiger partial charge in [-0.2, -0.15) is 4.98 Å². The molecule has 6 heteroatoms. The molecule has 3 heterocycles. The van der Waals surface area contributed by atoms with Crippen molar-refractivity contribution in [3.63, 3.8) is 0 Å². The highest BCUT2D eigenvalue weighted by Crippen LogP contribution is 2.34. The first-order valence-corrected chi connectivity index (χ1v) is 7.95. The second kappa shape index (κ2) is 6.85. The van der Waals surface area contributed by atoms with Crippen LogP contribution in [0.4, 0.5) is 0 Å². The fourth-order valence-corrected chi connectivity index (χ4v) is 3.34. The third-order valence-corrected chi connectivity index (χ3v) is 4.74. The van der Waals surface area contributed by atoms with Crippen LogP contribution in [-0.2, 0) is 14.9 Å². The van der Waals surface area contributed by atoms with Crippen LogP contribution >= 0.6 is 0 Å². The molecule has 0 amide bonds. The minimum absolute atomic E-state index is 0.0405. The van der Waals surface area contributed by atoms with Crippen molar-refractivity contribution >= 4 is 0 Å². The van der Waals surface area contributed by atoms with Gasteiger partial charge in [-0.05, 0) is 38.6 Å². The van der Waals surface area contributed by atoms with Gasteiger partial charge < -0.3 is 19.3 Å². The Morgan fingerprint density at radius 1 is 1.38 bits per heavy atom. The van der Waals surface area contributed by atoms with Crippen LogP contribution in [0.5, 0.6) is 0 Å². The van der Waals surface area contributed by atoms with E-state index < -0.39 is 0 Å². The van der Waals surface area contributed by atoms with Gasteiger partial charge in [0.1, 0.15) is 0 Å². The molecule has 2 aliphatic heterocycles. The Hall–Kier alpha value is -0.980. The molecule has 2 aliphatic rings. The Balaban J connectivity index is 1.77. The van der Waals surface area contributed by atoms with Gasteiger partial charge in [0.2, 0.25) is 5.89 Å². The number of hydrogen-bond acceptors (Lipinski definition) is 6. The average Bonchev–Trinajstić information content (AvgIpc) is 3.05. The van der Waals surface area contributed by atoms with Crippen molar-refractivity contribution in [1.82, 2.24) is 15.5 Å². The monoisotopic (exact) mass is 295 g/mol. The van der Waals surface area contributed by atoms with Crippen LogP contribution in [0.3, 0.4) is 0 Å². The number of hydrogen-bond donors (Lipinski definition) is 1. The fraction of sp³-hybridized carbons (Fsp3) is 0.867. The Labute approximate surface area is 125 Å². The van der Waals surface area contributed by atoms with Gasteiger partial charge in [0, 0.05) is 44.8 Å². The smallest absolute Gasteiger partial charge is 0.229 e. The lowest BCUT2D eigenvalue weighted by atomic mass is 9.77. The molecule has 0 saturated carbocycles. The van der Waals surface area contributed by atoms with E-state index in [-0.39, 0.29) is 5.41 Å². The lowest BCUT2D eigenvalue weighted by Crippen LogP contribution is -2.45. The second-order valence-electron chi connectivity index (χ2n) is 6.15. The highest BCUT2D eigenvalue weighted by molar-refractivity contribution is 5.11. The first kappa shape index (κ1) is 14.9. The first-order valence-electron chi connectivity index (χ1n) is 7.95. The molecule has 1 N–H and O–H groups in total. The van der Waals surface area contributed by atoms with Crippen molar-refractivity contribution in [3.05, 3.63) is 11.7 Å². The van der Waals surface area contributed by atoms with E-state index in [9.17, 15) is 0 Å². The van der Waals surface area contributed by atoms with Gasteiger partial charge in [-0.1, -0.05) is 5.16 Å². The maximum Gasteiger partial charge on any atom is 0.229 e. The van der Waals surface area contributed by atoms with Gasteiger partial charge in [0.05, 0.1) is 0 Å². The maximum atomic E-state index is 5.58. The quantitative estimate of drug-likeness (QED) is 0.890. The van der Waals surface area contributed by atoms with Crippen LogP contribution in [0, 0.1) is 0 Å². The van der Waals surface area contributed by atoms with E-state index in [1.54, 1.807) is 7.11 Å². The van der Waals surface area contributed by atoms with Crippen LogP contribution in [0.25, 0.3) is 0 Å². The van der Waals surface area contributed by atoms with Gasteiger partial charge in [-0.15, -0.1) is 0 Å². The zero-order chi connectivity index (χ0) is 14.5. The van der Waals surface area contributed by atoms with Crippen molar-refractivity contribution in [1.29, 1.82) is 0 Å². The van der Waals surface area contributed by atoms with Crippen LogP contribution < -0.4 is 5.32 Å². The van der Waals surface area contributed by atoms with E-state index in [2.05, 4.69) is 10.5 Å². The summed E-state index contributed by atoms with van der Waals surface area (Å²) in [4.78, 5) is 4.75. The van der Waals surface area contributed by atoms with Crippen LogP contribution in [0.1, 0.15) is 49.7 Å². The van der Waals surface area contributed by atoms with Crippen molar-refractivity contribution in [2.45, 2.75) is 43.4 Å². The number of nitrogens with one attached hydrogen (secondary N) is 1. The first-order chi connectivity index (χ1) is 10.3. The molecule has 2 saturated heterocycles. The number of ether oxygens (including phenoxy) is 2. The average molecular weight is 295 g/mol. The molecule has 1 unspecified atom stereocenters. The minimum Gasteiger partial charge on any atom is -0.385 e. The molecular weight excluding hydrogens is 270 g/mol. The molecule has 0 bridgehead atoms. The summed E-state index contributed by atoms with van der Waals surface area (Å²) in [6, 6.07) is 0. The van der Waals surface area contributed by atoms with Crippen LogP contribution in [-0.4, -0.2) is 50.2 Å². The van der Waals surface area contributed by atoms with Crippen molar-refractivity contribution < 1.29 is 14.0 Å². The molecule has 0 radical (unpaired) electrons. The Morgan fingerprint density at radius 2 is 2.24 bits per heavy atom. The zero-order valence-corrected chi connectivity index (χ0v) is 12.8. The van der Waals surface area contributed by atoms with Crippen molar-refractivity contribution in [3.8, 4) is 0 Å². The summed E-state index contributed by atoms with van der Waals surface area (Å²) < 4.78 is 16.3. The Kier molecular flexibility index (Phi) is 4.87. The maximum absolute atomic E-state index is 5.58. The molecule has 0 aliphatic carbocycles. The number of piperidine rings is 1. The molecule has 0 spiro atoms. The summed E-state index contributed by atoms with van der Waals surface area (Å²) in [5.41, 5.74) is -0.0405. The SMILES string of the molecule is COCCC1(c2noc(C3CCOCC3)n2)CCCNC1. The Bertz CT molecular complexity index is 437. The number of aromatic nitrogens is 2. The highest BCUT2D eigenvalue weighted by atomic mass is 16.5. The highest BCUT2D eigenvalue weighted by Gasteiger charge is 2.38. The molecule has 118 valence electrons. The minimum atomic E-state index is -0.0405. The van der Waals surface area contributed by atoms with Gasteiger partial charge in [0.25, 0.3) is 0 Å². The molecule has 2 fully saturated rings. The molecule has 1 atom stereocenters. The molecule has 3 rings (SSSR count). The molecule has 0 aromatic carbocycles. The van der Waals surface area contributed by atoms with Crippen LogP contribution in [0.15, 0.2) is 4.52 Å². The predicted octanol–water partition coefficient (Wildman–Crippen LogP) is 1.62. The zero-order valence-electron chi connectivity index (χ0n) is 12.8. The molecule has 1 aromatic heterocycles. The van der Waals surface area contributed by atoms with Crippen LogP contribution in [0.2, 0.25) is 0 Å². The lowest BCUT2D eigenvalue weighted by Gasteiger charge is -2.34. The fourth-order valence-electron chi connectivity index (χ4n) is 3.34. The summed E-state index contributed by atoms with van der Waals surface area (Å²) in [5, 5.41) is 7.79. The lowest BCUT2D eigenvalue weighted by molar-refractivity contribution is 0.0778. The van der Waals surface area contributed by atoms with Crippen molar-refractivity contribution in [2.24, 2.45) is 0 Å². The van der Waals surface area contributed by atoms with E-state index >= 15 is 0 Å². The van der Waals surface area contributed by atoms with E-state index in [1.165, 1.54) is 0 Å². The van der Waals surface area contributed by atoms with E-state index in [0.717, 1.165) is 76.7 Å². The summed E-state index contributed by atoms with van der Waals surface area (Å²) >= 11 is 0. The van der Waals surface area contributed by atoms with Gasteiger partial charge in [0.15, 0.2) is 5.82 Å². The number of rotatable bonds is 5. The third-order valence-electron chi connectivity index (χ3n) is 4.74. The third kappa shape index (κ3) is 3.27. The molecule has 1 aromatic rings. The molecular formula is C15H25N3O3. The molecule has 21 heavy (non-hydrogen) atoms. The van der Waals surface area contributed by atoms with Gasteiger partial charge >= 0.3 is 0 Å². The standard InChI is InChI=1S/C15H25N3O3/c1-19-10-6-15(5-2-7-16-11-15)14-17-13(21-18-14)12-3-8-20-9-4-12/h12,16H,2-11H2,1H3. The molecule has 6 nitrogen and oxygen atoms in total. The normalized spacial score (nSPS) is 27.9. The van der Waals surface area contributed by atoms with E-state index in [0.29, 0.717) is 5.92 Å².